The highest BCUT2D eigenvalue weighted by Gasteiger charge is 2.39. The molecule has 1 aliphatic heterocycles. The number of aromatic nitrogens is 2. The van der Waals surface area contributed by atoms with Crippen molar-refractivity contribution in [2.24, 2.45) is 5.41 Å². The van der Waals surface area contributed by atoms with Crippen LogP contribution in [0.5, 0.6) is 5.75 Å². The molecule has 1 aromatic heterocycles. The van der Waals surface area contributed by atoms with Crippen LogP contribution in [-0.4, -0.2) is 47.6 Å². The molecule has 0 spiro atoms. The summed E-state index contributed by atoms with van der Waals surface area (Å²) in [6, 6.07) is 16.1. The SMILES string of the molecule is CC1(COc2c(N3CCN(OSCc4ccccc4F)CC3)cnn(-c3ccccc3)c2=O)CC1. The molecule has 2 fully saturated rings. The maximum Gasteiger partial charge on any atom is 0.316 e. The Kier molecular flexibility index (Phi) is 7.08. The number of ether oxygens (including phenoxy) is 1. The topological polar surface area (TPSA) is 59.8 Å². The molecule has 0 bridgehead atoms. The number of hydrogen-bond acceptors (Lipinski definition) is 7. The van der Waals surface area contributed by atoms with E-state index in [1.54, 1.807) is 18.3 Å². The fraction of sp³-hybridized carbons (Fsp3) is 0.385. The molecular weight excluding hydrogens is 467 g/mol. The normalized spacial score (nSPS) is 17.4. The lowest BCUT2D eigenvalue weighted by Crippen LogP contribution is -2.46. The highest BCUT2D eigenvalue weighted by molar-refractivity contribution is 7.93. The molecule has 7 nitrogen and oxygen atoms in total. The standard InChI is InChI=1S/C26H29FN4O3S/c1-26(11-12-26)19-33-24-23(17-28-31(25(24)32)21-8-3-2-4-9-21)29-13-15-30(16-14-29)34-35-18-20-7-5-6-10-22(20)27/h2-10,17H,11-16,18-19H2,1H3. The lowest BCUT2D eigenvalue weighted by Gasteiger charge is -2.35. The van der Waals surface area contributed by atoms with Gasteiger partial charge in [0.2, 0.25) is 5.75 Å². The Bertz CT molecular complexity index is 1210. The number of halogens is 1. The van der Waals surface area contributed by atoms with Gasteiger partial charge in [-0.15, -0.1) is 0 Å². The molecule has 2 aliphatic rings. The molecule has 0 atom stereocenters. The fourth-order valence-electron chi connectivity index (χ4n) is 3.93. The molecule has 2 aromatic carbocycles. The van der Waals surface area contributed by atoms with Crippen LogP contribution < -0.4 is 15.2 Å². The highest BCUT2D eigenvalue weighted by atomic mass is 32.2. The zero-order chi connectivity index (χ0) is 24.3. The second-order valence-electron chi connectivity index (χ2n) is 9.35. The molecule has 0 amide bonds. The molecule has 184 valence electrons. The molecule has 9 heteroatoms. The van der Waals surface area contributed by atoms with Crippen LogP contribution in [-0.2, 0) is 10.0 Å². The second-order valence-corrected chi connectivity index (χ2v) is 10.0. The number of hydrogen-bond donors (Lipinski definition) is 0. The van der Waals surface area contributed by atoms with E-state index in [1.807, 2.05) is 41.5 Å². The Morgan fingerprint density at radius 2 is 1.74 bits per heavy atom. The molecule has 35 heavy (non-hydrogen) atoms. The van der Waals surface area contributed by atoms with E-state index in [4.69, 9.17) is 9.02 Å². The van der Waals surface area contributed by atoms with E-state index in [0.717, 1.165) is 12.8 Å². The van der Waals surface area contributed by atoms with Crippen molar-refractivity contribution in [1.29, 1.82) is 0 Å². The van der Waals surface area contributed by atoms with Gasteiger partial charge in [-0.05, 0) is 31.0 Å². The van der Waals surface area contributed by atoms with E-state index in [0.29, 0.717) is 61.2 Å². The summed E-state index contributed by atoms with van der Waals surface area (Å²) >= 11 is 1.22. The smallest absolute Gasteiger partial charge is 0.316 e. The van der Waals surface area contributed by atoms with Gasteiger partial charge in [-0.2, -0.15) is 14.8 Å². The van der Waals surface area contributed by atoms with Gasteiger partial charge in [0.15, 0.2) is 0 Å². The van der Waals surface area contributed by atoms with Crippen LogP contribution in [0.3, 0.4) is 0 Å². The number of hydroxylamine groups is 2. The third kappa shape index (κ3) is 5.69. The van der Waals surface area contributed by atoms with Crippen LogP contribution in [0.15, 0.2) is 65.6 Å². The van der Waals surface area contributed by atoms with Crippen molar-refractivity contribution in [3.05, 3.63) is 82.5 Å². The van der Waals surface area contributed by atoms with Crippen molar-refractivity contribution in [3.63, 3.8) is 0 Å². The lowest BCUT2D eigenvalue weighted by molar-refractivity contribution is -0.0415. The largest absolute Gasteiger partial charge is 0.486 e. The summed E-state index contributed by atoms with van der Waals surface area (Å²) in [7, 11) is 0. The van der Waals surface area contributed by atoms with Crippen LogP contribution in [0, 0.1) is 11.2 Å². The Morgan fingerprint density at radius 3 is 2.46 bits per heavy atom. The monoisotopic (exact) mass is 496 g/mol. The van der Waals surface area contributed by atoms with Crippen molar-refractivity contribution >= 4 is 17.7 Å². The zero-order valence-corrected chi connectivity index (χ0v) is 20.5. The van der Waals surface area contributed by atoms with Crippen molar-refractivity contribution in [3.8, 4) is 11.4 Å². The first kappa shape index (κ1) is 23.8. The first-order valence-electron chi connectivity index (χ1n) is 11.9. The summed E-state index contributed by atoms with van der Waals surface area (Å²) in [5, 5.41) is 6.32. The molecule has 0 unspecified atom stereocenters. The van der Waals surface area contributed by atoms with Gasteiger partial charge in [-0.1, -0.05) is 43.3 Å². The molecule has 5 rings (SSSR count). The number of benzene rings is 2. The van der Waals surface area contributed by atoms with Crippen molar-refractivity contribution in [1.82, 2.24) is 14.8 Å². The van der Waals surface area contributed by atoms with Crippen LogP contribution in [0.1, 0.15) is 25.3 Å². The van der Waals surface area contributed by atoms with Gasteiger partial charge in [-0.3, -0.25) is 4.79 Å². The van der Waals surface area contributed by atoms with Gasteiger partial charge in [0.05, 0.1) is 18.5 Å². The second kappa shape index (κ2) is 10.4. The predicted octanol–water partition coefficient (Wildman–Crippen LogP) is 4.45. The number of rotatable bonds is 9. The first-order valence-corrected chi connectivity index (χ1v) is 12.8. The van der Waals surface area contributed by atoms with Gasteiger partial charge >= 0.3 is 5.56 Å². The molecule has 2 heterocycles. The maximum absolute atomic E-state index is 13.8. The number of nitrogens with zero attached hydrogens (tertiary/aromatic N) is 4. The molecule has 0 radical (unpaired) electrons. The van der Waals surface area contributed by atoms with E-state index < -0.39 is 0 Å². The van der Waals surface area contributed by atoms with Crippen molar-refractivity contribution < 1.29 is 13.4 Å². The summed E-state index contributed by atoms with van der Waals surface area (Å²) in [6.45, 7) is 5.30. The highest BCUT2D eigenvalue weighted by Crippen LogP contribution is 2.45. The Balaban J connectivity index is 1.26. The Labute approximate surface area is 208 Å². The van der Waals surface area contributed by atoms with Crippen LogP contribution in [0.4, 0.5) is 10.1 Å². The summed E-state index contributed by atoms with van der Waals surface area (Å²) in [5.74, 6) is 0.560. The minimum Gasteiger partial charge on any atom is -0.486 e. The average molecular weight is 497 g/mol. The lowest BCUT2D eigenvalue weighted by atomic mass is 10.2. The Morgan fingerprint density at radius 1 is 1.03 bits per heavy atom. The summed E-state index contributed by atoms with van der Waals surface area (Å²) in [5.41, 5.74) is 1.93. The van der Waals surface area contributed by atoms with E-state index in [1.165, 1.54) is 22.8 Å². The summed E-state index contributed by atoms with van der Waals surface area (Å²) in [4.78, 5) is 15.5. The van der Waals surface area contributed by atoms with E-state index in [9.17, 15) is 9.18 Å². The third-order valence-corrected chi connectivity index (χ3v) is 7.24. The number of para-hydroxylation sites is 1. The molecule has 3 aromatic rings. The first-order chi connectivity index (χ1) is 17.0. The van der Waals surface area contributed by atoms with Gasteiger partial charge in [0.25, 0.3) is 0 Å². The van der Waals surface area contributed by atoms with Crippen LogP contribution >= 0.6 is 12.0 Å². The molecular formula is C26H29FN4O3S. The molecule has 1 aliphatic carbocycles. The fourth-order valence-corrected chi connectivity index (χ4v) is 4.64. The summed E-state index contributed by atoms with van der Waals surface area (Å²) < 4.78 is 27.2. The quantitative estimate of drug-likeness (QED) is 0.406. The molecule has 0 N–H and O–H groups in total. The average Bonchev–Trinajstić information content (AvgIpc) is 3.62. The summed E-state index contributed by atoms with van der Waals surface area (Å²) in [6.07, 6.45) is 3.95. The molecule has 1 saturated heterocycles. The minimum atomic E-state index is -0.253. The minimum absolute atomic E-state index is 0.145. The zero-order valence-electron chi connectivity index (χ0n) is 19.7. The van der Waals surface area contributed by atoms with E-state index in [2.05, 4.69) is 16.9 Å². The van der Waals surface area contributed by atoms with Crippen LogP contribution in [0.25, 0.3) is 5.69 Å². The van der Waals surface area contributed by atoms with Gasteiger partial charge in [0, 0.05) is 55.0 Å². The van der Waals surface area contributed by atoms with Gasteiger partial charge < -0.3 is 9.64 Å². The van der Waals surface area contributed by atoms with E-state index in [-0.39, 0.29) is 16.8 Å². The van der Waals surface area contributed by atoms with Crippen molar-refractivity contribution in [2.75, 3.05) is 37.7 Å². The number of piperazine rings is 1. The Hall–Kier alpha value is -2.88. The third-order valence-electron chi connectivity index (χ3n) is 6.49. The molecule has 1 saturated carbocycles. The van der Waals surface area contributed by atoms with Gasteiger partial charge in [-0.25, -0.2) is 8.67 Å². The maximum atomic E-state index is 13.8. The number of anilines is 1. The van der Waals surface area contributed by atoms with E-state index >= 15 is 0 Å². The van der Waals surface area contributed by atoms with Gasteiger partial charge in [0.1, 0.15) is 11.5 Å². The predicted molar refractivity (Wildman–Crippen MR) is 135 cm³/mol. The van der Waals surface area contributed by atoms with Crippen molar-refractivity contribution in [2.45, 2.75) is 25.5 Å². The van der Waals surface area contributed by atoms with Crippen LogP contribution in [0.2, 0.25) is 0 Å².